The van der Waals surface area contributed by atoms with E-state index in [1.807, 2.05) is 6.92 Å². The van der Waals surface area contributed by atoms with Crippen LogP contribution in [0.3, 0.4) is 0 Å². The Balaban J connectivity index is 2.73. The number of hydrogen-bond donors (Lipinski definition) is 0. The minimum absolute atomic E-state index is 0.261. The van der Waals surface area contributed by atoms with Crippen molar-refractivity contribution >= 4 is 6.08 Å². The van der Waals surface area contributed by atoms with Gasteiger partial charge in [0.25, 0.3) is 0 Å². The summed E-state index contributed by atoms with van der Waals surface area (Å²) in [5.41, 5.74) is 1.53. The highest BCUT2D eigenvalue weighted by atomic mass is 16.1. The highest BCUT2D eigenvalue weighted by Crippen LogP contribution is 1.94. The molecular weight excluding hydrogens is 142 g/mol. The van der Waals surface area contributed by atoms with E-state index in [4.69, 9.17) is 0 Å². The molecule has 0 aliphatic rings. The Labute approximate surface area is 64.0 Å². The van der Waals surface area contributed by atoms with Crippen molar-refractivity contribution < 1.29 is 4.79 Å². The Morgan fingerprint density at radius 2 is 2.36 bits per heavy atom. The Morgan fingerprint density at radius 3 is 2.91 bits per heavy atom. The van der Waals surface area contributed by atoms with Gasteiger partial charge in [0, 0.05) is 6.20 Å². The predicted molar refractivity (Wildman–Crippen MR) is 38.6 cm³/mol. The molecule has 0 aliphatic carbocycles. The summed E-state index contributed by atoms with van der Waals surface area (Å²) in [4.78, 5) is 21.0. The van der Waals surface area contributed by atoms with Crippen LogP contribution in [0.15, 0.2) is 17.4 Å². The van der Waals surface area contributed by atoms with Crippen LogP contribution < -0.4 is 0 Å². The number of rotatable bonds is 2. The van der Waals surface area contributed by atoms with E-state index in [0.29, 0.717) is 5.69 Å². The Bertz CT molecular complexity index is 274. The van der Waals surface area contributed by atoms with E-state index < -0.39 is 0 Å². The fourth-order valence-corrected chi connectivity index (χ4v) is 0.614. The third kappa shape index (κ3) is 2.27. The van der Waals surface area contributed by atoms with E-state index in [-0.39, 0.29) is 6.54 Å². The third-order valence-electron chi connectivity index (χ3n) is 1.14. The van der Waals surface area contributed by atoms with Crippen molar-refractivity contribution in [1.82, 2.24) is 9.97 Å². The van der Waals surface area contributed by atoms with Crippen molar-refractivity contribution in [2.45, 2.75) is 13.5 Å². The number of aryl methyl sites for hydroxylation is 1. The second-order valence-corrected chi connectivity index (χ2v) is 2.06. The third-order valence-corrected chi connectivity index (χ3v) is 1.14. The molecule has 1 aromatic rings. The van der Waals surface area contributed by atoms with Gasteiger partial charge in [-0.15, -0.1) is 0 Å². The summed E-state index contributed by atoms with van der Waals surface area (Å²) in [7, 11) is 0. The molecule has 1 aromatic heterocycles. The molecule has 11 heavy (non-hydrogen) atoms. The number of carbonyl (C=O) groups excluding carboxylic acids is 1. The summed E-state index contributed by atoms with van der Waals surface area (Å²) >= 11 is 0. The van der Waals surface area contributed by atoms with Crippen molar-refractivity contribution in [3.63, 3.8) is 0 Å². The largest absolute Gasteiger partial charge is 0.258 e. The quantitative estimate of drug-likeness (QED) is 0.457. The summed E-state index contributed by atoms with van der Waals surface area (Å²) in [5, 5.41) is 0. The maximum atomic E-state index is 9.71. The molecule has 0 saturated carbocycles. The summed E-state index contributed by atoms with van der Waals surface area (Å²) in [5.74, 6) is 0. The van der Waals surface area contributed by atoms with E-state index in [1.165, 1.54) is 6.08 Å². The van der Waals surface area contributed by atoms with Gasteiger partial charge in [0.05, 0.1) is 24.1 Å². The van der Waals surface area contributed by atoms with Gasteiger partial charge in [0.15, 0.2) is 0 Å². The van der Waals surface area contributed by atoms with Gasteiger partial charge in [-0.25, -0.2) is 4.79 Å². The highest BCUT2D eigenvalue weighted by molar-refractivity contribution is 5.33. The first kappa shape index (κ1) is 7.57. The minimum Gasteiger partial charge on any atom is -0.258 e. The van der Waals surface area contributed by atoms with Crippen LogP contribution in [0.1, 0.15) is 11.4 Å². The smallest absolute Gasteiger partial charge is 0.235 e. The molecule has 0 unspecified atom stereocenters. The average Bonchev–Trinajstić information content (AvgIpc) is 2.04. The summed E-state index contributed by atoms with van der Waals surface area (Å²) in [6.45, 7) is 2.11. The van der Waals surface area contributed by atoms with Crippen molar-refractivity contribution in [3.8, 4) is 0 Å². The molecule has 0 radical (unpaired) electrons. The van der Waals surface area contributed by atoms with Gasteiger partial charge in [-0.05, 0) is 6.92 Å². The molecule has 1 rings (SSSR count). The maximum absolute atomic E-state index is 9.71. The van der Waals surface area contributed by atoms with Crippen molar-refractivity contribution in [1.29, 1.82) is 0 Å². The van der Waals surface area contributed by atoms with Crippen LogP contribution in [0.5, 0.6) is 0 Å². The number of aromatic nitrogens is 2. The van der Waals surface area contributed by atoms with Crippen LogP contribution in [0, 0.1) is 6.92 Å². The maximum Gasteiger partial charge on any atom is 0.235 e. The van der Waals surface area contributed by atoms with Crippen LogP contribution in [0.4, 0.5) is 0 Å². The molecule has 4 nitrogen and oxygen atoms in total. The molecule has 0 N–H and O–H groups in total. The fourth-order valence-electron chi connectivity index (χ4n) is 0.614. The van der Waals surface area contributed by atoms with Crippen LogP contribution >= 0.6 is 0 Å². The number of nitrogens with zero attached hydrogens (tertiary/aromatic N) is 3. The van der Waals surface area contributed by atoms with E-state index in [0.717, 1.165) is 5.69 Å². The monoisotopic (exact) mass is 149 g/mol. The van der Waals surface area contributed by atoms with E-state index in [2.05, 4.69) is 15.0 Å². The molecule has 0 bridgehead atoms. The molecule has 0 spiro atoms. The van der Waals surface area contributed by atoms with Crippen molar-refractivity contribution in [2.75, 3.05) is 0 Å². The van der Waals surface area contributed by atoms with Crippen molar-refractivity contribution in [3.05, 3.63) is 23.8 Å². The Hall–Kier alpha value is -1.54. The lowest BCUT2D eigenvalue weighted by Gasteiger charge is -1.92. The molecule has 4 heteroatoms. The first-order chi connectivity index (χ1) is 5.33. The Morgan fingerprint density at radius 1 is 1.55 bits per heavy atom. The topological polar surface area (TPSA) is 55.2 Å². The normalized spacial score (nSPS) is 8.82. The zero-order valence-corrected chi connectivity index (χ0v) is 6.11. The van der Waals surface area contributed by atoms with Gasteiger partial charge in [0.1, 0.15) is 0 Å². The van der Waals surface area contributed by atoms with Gasteiger partial charge in [-0.1, -0.05) is 0 Å². The zero-order valence-electron chi connectivity index (χ0n) is 6.11. The van der Waals surface area contributed by atoms with Gasteiger partial charge in [-0.3, -0.25) is 9.97 Å². The molecule has 0 aromatic carbocycles. The summed E-state index contributed by atoms with van der Waals surface area (Å²) in [6, 6.07) is 0. The lowest BCUT2D eigenvalue weighted by Crippen LogP contribution is -1.90. The Kier molecular flexibility index (Phi) is 2.47. The molecule has 0 fully saturated rings. The standard InChI is InChI=1S/C7H7N3O/c1-6-2-10-7(4-9-6)3-8-5-11/h2,4H,3H2,1H3. The lowest BCUT2D eigenvalue weighted by atomic mass is 10.4. The van der Waals surface area contributed by atoms with Gasteiger partial charge in [0.2, 0.25) is 6.08 Å². The second kappa shape index (κ2) is 3.58. The molecular formula is C7H7N3O. The first-order valence-electron chi connectivity index (χ1n) is 3.14. The fraction of sp³-hybridized carbons (Fsp3) is 0.286. The van der Waals surface area contributed by atoms with Crippen LogP contribution in [0.2, 0.25) is 0 Å². The van der Waals surface area contributed by atoms with E-state index in [1.54, 1.807) is 12.4 Å². The molecule has 0 atom stereocenters. The summed E-state index contributed by atoms with van der Waals surface area (Å²) in [6.07, 6.45) is 4.67. The minimum atomic E-state index is 0.261. The number of aliphatic imine (C=N–C) groups is 1. The zero-order chi connectivity index (χ0) is 8.10. The van der Waals surface area contributed by atoms with Crippen LogP contribution in [0.25, 0.3) is 0 Å². The highest BCUT2D eigenvalue weighted by Gasteiger charge is 1.91. The van der Waals surface area contributed by atoms with Gasteiger partial charge in [-0.2, -0.15) is 4.99 Å². The molecule has 56 valence electrons. The van der Waals surface area contributed by atoms with E-state index >= 15 is 0 Å². The molecule has 1 heterocycles. The van der Waals surface area contributed by atoms with Crippen molar-refractivity contribution in [2.24, 2.45) is 4.99 Å². The summed E-state index contributed by atoms with van der Waals surface area (Å²) < 4.78 is 0. The van der Waals surface area contributed by atoms with Gasteiger partial charge >= 0.3 is 0 Å². The average molecular weight is 149 g/mol. The van der Waals surface area contributed by atoms with E-state index in [9.17, 15) is 4.79 Å². The number of isocyanates is 1. The number of hydrogen-bond acceptors (Lipinski definition) is 4. The first-order valence-corrected chi connectivity index (χ1v) is 3.14. The molecule has 0 aliphatic heterocycles. The SMILES string of the molecule is Cc1cnc(CN=C=O)cn1. The lowest BCUT2D eigenvalue weighted by molar-refractivity contribution is 0.562. The second-order valence-electron chi connectivity index (χ2n) is 2.06. The molecule has 0 saturated heterocycles. The van der Waals surface area contributed by atoms with Crippen LogP contribution in [-0.2, 0) is 11.3 Å². The van der Waals surface area contributed by atoms with Gasteiger partial charge < -0.3 is 0 Å². The molecule has 0 amide bonds. The van der Waals surface area contributed by atoms with Crippen LogP contribution in [-0.4, -0.2) is 16.0 Å². The predicted octanol–water partition coefficient (Wildman–Crippen LogP) is 0.621.